The Hall–Kier alpha value is -1.65. The number of ether oxygens (including phenoxy) is 2. The summed E-state index contributed by atoms with van der Waals surface area (Å²) in [6, 6.07) is -0.319. The molecule has 0 aromatic carbocycles. The molecule has 3 rings (SSSR count). The molecule has 1 aromatic heterocycles. The fraction of sp³-hybridized carbons (Fsp3) is 0.731. The smallest absolute Gasteiger partial charge is 0.309 e. The van der Waals surface area contributed by atoms with Gasteiger partial charge in [-0.25, -0.2) is 4.98 Å². The monoisotopic (exact) mass is 508 g/mol. The molecule has 7 atom stereocenters. The number of nitrogens with zero attached hydrogens (tertiary/aromatic N) is 1. The Kier molecular flexibility index (Phi) is 8.59. The molecule has 0 saturated carbocycles. The largest absolute Gasteiger partial charge is 0.458 e. The summed E-state index contributed by atoms with van der Waals surface area (Å²) < 4.78 is 11.9. The molecule has 196 valence electrons. The van der Waals surface area contributed by atoms with Crippen LogP contribution in [-0.2, 0) is 19.1 Å². The lowest BCUT2D eigenvalue weighted by atomic mass is 9.74. The van der Waals surface area contributed by atoms with Gasteiger partial charge in [-0.3, -0.25) is 9.59 Å². The molecule has 0 aliphatic carbocycles. The first-order valence-electron chi connectivity index (χ1n) is 12.4. The highest BCUT2D eigenvalue weighted by Gasteiger charge is 2.53. The summed E-state index contributed by atoms with van der Waals surface area (Å²) in [7, 11) is 0. The number of carbonyl (C=O) groups excluding carboxylic acids is 2. The molecule has 8 nitrogen and oxygen atoms in total. The number of hydrogen-bond acceptors (Lipinski definition) is 9. The topological polar surface area (TPSA) is 121 Å². The van der Waals surface area contributed by atoms with Crippen LogP contribution in [0.15, 0.2) is 11.0 Å². The fourth-order valence-corrected chi connectivity index (χ4v) is 5.30. The molecule has 2 aliphatic rings. The van der Waals surface area contributed by atoms with E-state index in [0.717, 1.165) is 22.7 Å². The zero-order valence-electron chi connectivity index (χ0n) is 21.8. The molecule has 0 radical (unpaired) electrons. The number of fused-ring (bicyclic) bond motifs is 1. The Balaban J connectivity index is 1.85. The second-order valence-corrected chi connectivity index (χ2v) is 12.0. The Morgan fingerprint density at radius 3 is 2.57 bits per heavy atom. The number of rotatable bonds is 2. The van der Waals surface area contributed by atoms with Crippen molar-refractivity contribution in [2.75, 3.05) is 6.54 Å². The number of nitrogens with one attached hydrogen (secondary N) is 1. The molecule has 1 aromatic rings. The summed E-state index contributed by atoms with van der Waals surface area (Å²) in [6.07, 6.45) is -0.00321. The summed E-state index contributed by atoms with van der Waals surface area (Å²) in [5.74, 6) is -1.59. The maximum absolute atomic E-state index is 13.2. The predicted octanol–water partition coefficient (Wildman–Crippen LogP) is 3.04. The van der Waals surface area contributed by atoms with E-state index in [-0.39, 0.29) is 30.0 Å². The van der Waals surface area contributed by atoms with Gasteiger partial charge in [-0.2, -0.15) is 0 Å². The van der Waals surface area contributed by atoms with Gasteiger partial charge in [-0.05, 0) is 52.3 Å². The number of Topliss-reactive ketones (excluding diaryl/α,β-unsaturated/α-hetero) is 1. The number of aryl methyl sites for hydroxylation is 1. The van der Waals surface area contributed by atoms with Gasteiger partial charge in [-0.1, -0.05) is 20.8 Å². The van der Waals surface area contributed by atoms with Crippen molar-refractivity contribution in [2.24, 2.45) is 11.3 Å². The van der Waals surface area contributed by atoms with Crippen LogP contribution < -0.4 is 5.32 Å². The van der Waals surface area contributed by atoms with Crippen LogP contribution in [0.3, 0.4) is 0 Å². The third-order valence-electron chi connectivity index (χ3n) is 7.61. The molecular weight excluding hydrogens is 468 g/mol. The van der Waals surface area contributed by atoms with Crippen molar-refractivity contribution in [2.45, 2.75) is 104 Å². The summed E-state index contributed by atoms with van der Waals surface area (Å²) >= 11 is 1.55. The van der Waals surface area contributed by atoms with E-state index in [2.05, 4.69) is 10.3 Å². The van der Waals surface area contributed by atoms with Crippen LogP contribution in [0.5, 0.6) is 0 Å². The Morgan fingerprint density at radius 1 is 1.26 bits per heavy atom. The first-order valence-corrected chi connectivity index (χ1v) is 13.2. The molecule has 3 heterocycles. The third kappa shape index (κ3) is 6.57. The molecule has 2 aliphatic heterocycles. The van der Waals surface area contributed by atoms with E-state index < -0.39 is 35.6 Å². The zero-order chi connectivity index (χ0) is 26.1. The second kappa shape index (κ2) is 10.8. The average Bonchev–Trinajstić information content (AvgIpc) is 3.22. The summed E-state index contributed by atoms with van der Waals surface area (Å²) in [4.78, 5) is 30.6. The summed E-state index contributed by atoms with van der Waals surface area (Å²) in [6.45, 7) is 13.2. The van der Waals surface area contributed by atoms with Crippen LogP contribution in [0, 0.1) is 18.3 Å². The number of hydrogen-bond donors (Lipinski definition) is 3. The van der Waals surface area contributed by atoms with E-state index in [1.54, 1.807) is 32.1 Å². The van der Waals surface area contributed by atoms with Crippen molar-refractivity contribution in [3.63, 3.8) is 0 Å². The number of epoxide rings is 1. The van der Waals surface area contributed by atoms with Gasteiger partial charge in [-0.15, -0.1) is 11.3 Å². The number of aliphatic hydroxyl groups excluding tert-OH is 2. The van der Waals surface area contributed by atoms with Crippen molar-refractivity contribution in [3.8, 4) is 0 Å². The van der Waals surface area contributed by atoms with Crippen LogP contribution in [-0.4, -0.2) is 69.6 Å². The minimum Gasteiger partial charge on any atom is -0.458 e. The standard InChI is InChI=1S/C26H40N2O6S/c1-14(10-18-13-35-17(4)28-18)19-11-21-26(7,34-21)8-9-27-16(3)23(31)15(2)24(32)25(5,6)20(29)12-22(30)33-19/h10,13,15-16,19-21,23,27,29,31H,8-9,11-12H2,1-7H3/b14-10+/t15-,16+,19+,20+,21-,23+,26-/m0/s1. The second-order valence-electron chi connectivity index (χ2n) is 10.9. The van der Waals surface area contributed by atoms with Crippen LogP contribution in [0.25, 0.3) is 6.08 Å². The predicted molar refractivity (Wildman–Crippen MR) is 135 cm³/mol. The number of carbonyl (C=O) groups is 2. The Morgan fingerprint density at radius 2 is 1.94 bits per heavy atom. The minimum atomic E-state index is -1.25. The maximum atomic E-state index is 13.2. The lowest BCUT2D eigenvalue weighted by molar-refractivity contribution is -0.154. The van der Waals surface area contributed by atoms with Gasteiger partial charge in [0.2, 0.25) is 0 Å². The maximum Gasteiger partial charge on any atom is 0.309 e. The van der Waals surface area contributed by atoms with E-state index >= 15 is 0 Å². The van der Waals surface area contributed by atoms with Crippen molar-refractivity contribution < 1.29 is 29.3 Å². The van der Waals surface area contributed by atoms with E-state index in [0.29, 0.717) is 13.0 Å². The first-order chi connectivity index (χ1) is 16.2. The molecule has 35 heavy (non-hydrogen) atoms. The van der Waals surface area contributed by atoms with Gasteiger partial charge in [0.15, 0.2) is 0 Å². The van der Waals surface area contributed by atoms with E-state index in [1.165, 1.54) is 0 Å². The van der Waals surface area contributed by atoms with E-state index in [4.69, 9.17) is 9.47 Å². The average molecular weight is 509 g/mol. The number of esters is 1. The highest BCUT2D eigenvalue weighted by atomic mass is 32.1. The third-order valence-corrected chi connectivity index (χ3v) is 8.40. The van der Waals surface area contributed by atoms with Gasteiger partial charge in [0.1, 0.15) is 11.9 Å². The lowest BCUT2D eigenvalue weighted by Gasteiger charge is -2.34. The Bertz CT molecular complexity index is 959. The summed E-state index contributed by atoms with van der Waals surface area (Å²) in [5.41, 5.74) is 0.0632. The van der Waals surface area contributed by atoms with Gasteiger partial charge in [0, 0.05) is 23.8 Å². The first kappa shape index (κ1) is 27.9. The number of cyclic esters (lactones) is 1. The van der Waals surface area contributed by atoms with Crippen LogP contribution in [0.1, 0.15) is 71.5 Å². The fourth-order valence-electron chi connectivity index (χ4n) is 4.73. The molecule has 0 amide bonds. The molecule has 9 heteroatoms. The normalized spacial score (nSPS) is 37.5. The van der Waals surface area contributed by atoms with Crippen molar-refractivity contribution >= 4 is 29.2 Å². The van der Waals surface area contributed by atoms with Crippen molar-refractivity contribution in [3.05, 3.63) is 21.7 Å². The van der Waals surface area contributed by atoms with Crippen LogP contribution in [0.2, 0.25) is 0 Å². The van der Waals surface area contributed by atoms with Crippen molar-refractivity contribution in [1.82, 2.24) is 10.3 Å². The van der Waals surface area contributed by atoms with Gasteiger partial charge >= 0.3 is 5.97 Å². The summed E-state index contributed by atoms with van der Waals surface area (Å²) in [5, 5.41) is 27.8. The van der Waals surface area contributed by atoms with E-state index in [1.807, 2.05) is 39.2 Å². The highest BCUT2D eigenvalue weighted by molar-refractivity contribution is 7.09. The van der Waals surface area contributed by atoms with Crippen molar-refractivity contribution in [1.29, 1.82) is 0 Å². The molecule has 0 unspecified atom stereocenters. The molecule has 2 saturated heterocycles. The van der Waals surface area contributed by atoms with Gasteiger partial charge in [0.05, 0.1) is 46.5 Å². The minimum absolute atomic E-state index is 0.0855. The van der Waals surface area contributed by atoms with Crippen LogP contribution in [0.4, 0.5) is 0 Å². The number of thiazole rings is 1. The molecule has 2 fully saturated rings. The molecule has 0 spiro atoms. The Labute approximate surface area is 212 Å². The quantitative estimate of drug-likeness (QED) is 0.412. The highest BCUT2D eigenvalue weighted by Crippen LogP contribution is 2.43. The molecule has 0 bridgehead atoms. The van der Waals surface area contributed by atoms with Gasteiger partial charge < -0.3 is 25.0 Å². The SMILES string of the molecule is C/C(=C\c1csc(C)n1)[C@H]1C[C@@H]2O[C@@]2(C)CCN[C@H](C)[C@H](O)[C@H](C)C(=O)C(C)(C)[C@H](O)CC(=O)O1. The van der Waals surface area contributed by atoms with Gasteiger partial charge in [0.25, 0.3) is 0 Å². The molecule has 3 N–H and O–H groups in total. The number of aliphatic hydroxyl groups is 2. The zero-order valence-corrected chi connectivity index (χ0v) is 22.6. The van der Waals surface area contributed by atoms with Crippen LogP contribution >= 0.6 is 11.3 Å². The number of ketones is 1. The molecular formula is C26H40N2O6S. The lowest BCUT2D eigenvalue weighted by Crippen LogP contribution is -2.49. The van der Waals surface area contributed by atoms with E-state index in [9.17, 15) is 19.8 Å². The number of aromatic nitrogens is 1.